The molecule has 0 saturated heterocycles. The van der Waals surface area contributed by atoms with E-state index < -0.39 is 0 Å². The number of halogens is 2. The maximum Gasteiger partial charge on any atom is 0.215 e. The van der Waals surface area contributed by atoms with E-state index in [9.17, 15) is 5.11 Å². The highest BCUT2D eigenvalue weighted by Gasteiger charge is 2.15. The summed E-state index contributed by atoms with van der Waals surface area (Å²) in [6.45, 7) is 8.42. The second kappa shape index (κ2) is 9.32. The van der Waals surface area contributed by atoms with Gasteiger partial charge in [-0.25, -0.2) is 4.98 Å². The summed E-state index contributed by atoms with van der Waals surface area (Å²) in [5.41, 5.74) is 4.30. The highest BCUT2D eigenvalue weighted by molar-refractivity contribution is 5.85. The Morgan fingerprint density at radius 1 is 0.929 bits per heavy atom. The van der Waals surface area contributed by atoms with Crippen LogP contribution in [0.25, 0.3) is 28.1 Å². The number of phenols is 1. The van der Waals surface area contributed by atoms with Crippen molar-refractivity contribution in [1.82, 2.24) is 18.9 Å². The standard InChI is InChI=1S/C21H24N4O.2ClH/c1-3-23(4-2)13-14-24-19-7-5-6-8-20(19)25-15-18(22-21(24)25)16-9-11-17(26)12-10-16;;/h5-12,15,26H,3-4,13-14H2,1-2H3;2*1H. The fourth-order valence-electron chi connectivity index (χ4n) is 3.52. The molecule has 2 aromatic carbocycles. The summed E-state index contributed by atoms with van der Waals surface area (Å²) < 4.78 is 4.47. The van der Waals surface area contributed by atoms with E-state index in [0.717, 1.165) is 43.2 Å². The molecule has 0 atom stereocenters. The number of aromatic nitrogens is 3. The molecule has 5 nitrogen and oxygen atoms in total. The maximum atomic E-state index is 9.52. The van der Waals surface area contributed by atoms with Crippen molar-refractivity contribution < 1.29 is 5.11 Å². The number of likely N-dealkylation sites (N-methyl/N-ethyl adjacent to an activating group) is 1. The number of fused-ring (bicyclic) bond motifs is 3. The third-order valence-corrected chi connectivity index (χ3v) is 5.06. The van der Waals surface area contributed by atoms with Crippen LogP contribution in [0.2, 0.25) is 0 Å². The third-order valence-electron chi connectivity index (χ3n) is 5.06. The highest BCUT2D eigenvalue weighted by Crippen LogP contribution is 2.26. The average Bonchev–Trinajstić information content (AvgIpc) is 3.22. The fourth-order valence-corrected chi connectivity index (χ4v) is 3.52. The van der Waals surface area contributed by atoms with E-state index in [1.807, 2.05) is 12.1 Å². The molecule has 0 amide bonds. The zero-order chi connectivity index (χ0) is 18.1. The van der Waals surface area contributed by atoms with Gasteiger partial charge in [-0.1, -0.05) is 26.0 Å². The molecule has 0 unspecified atom stereocenters. The molecule has 0 aliphatic carbocycles. The second-order valence-electron chi connectivity index (χ2n) is 6.51. The number of hydrogen-bond acceptors (Lipinski definition) is 3. The lowest BCUT2D eigenvalue weighted by atomic mass is 10.2. The molecule has 4 rings (SSSR count). The maximum absolute atomic E-state index is 9.52. The van der Waals surface area contributed by atoms with Crippen molar-refractivity contribution in [2.45, 2.75) is 20.4 Å². The van der Waals surface area contributed by atoms with Crippen LogP contribution in [0.5, 0.6) is 5.75 Å². The van der Waals surface area contributed by atoms with E-state index in [1.54, 1.807) is 12.1 Å². The monoisotopic (exact) mass is 420 g/mol. The van der Waals surface area contributed by atoms with Crippen molar-refractivity contribution in [2.75, 3.05) is 19.6 Å². The first-order valence-corrected chi connectivity index (χ1v) is 9.19. The minimum Gasteiger partial charge on any atom is -0.508 e. The minimum atomic E-state index is 0. The molecule has 0 aliphatic heterocycles. The van der Waals surface area contributed by atoms with E-state index in [2.05, 4.69) is 58.2 Å². The van der Waals surface area contributed by atoms with Gasteiger partial charge in [-0.05, 0) is 49.5 Å². The van der Waals surface area contributed by atoms with Crippen LogP contribution in [-0.2, 0) is 6.54 Å². The number of para-hydroxylation sites is 2. The molecule has 0 saturated carbocycles. The quantitative estimate of drug-likeness (QED) is 0.484. The van der Waals surface area contributed by atoms with Crippen LogP contribution >= 0.6 is 24.8 Å². The van der Waals surface area contributed by atoms with Crippen LogP contribution in [-0.4, -0.2) is 43.6 Å². The zero-order valence-corrected chi connectivity index (χ0v) is 17.7. The normalized spacial score (nSPS) is 11.0. The van der Waals surface area contributed by atoms with Gasteiger partial charge in [0.2, 0.25) is 5.78 Å². The fraction of sp³-hybridized carbons (Fsp3) is 0.286. The van der Waals surface area contributed by atoms with Crippen LogP contribution in [0, 0.1) is 0 Å². The van der Waals surface area contributed by atoms with Gasteiger partial charge in [0, 0.05) is 24.8 Å². The number of rotatable bonds is 6. The van der Waals surface area contributed by atoms with Crippen LogP contribution in [0.4, 0.5) is 0 Å². The van der Waals surface area contributed by atoms with Crippen LogP contribution < -0.4 is 0 Å². The van der Waals surface area contributed by atoms with Crippen molar-refractivity contribution in [3.63, 3.8) is 0 Å². The predicted molar refractivity (Wildman–Crippen MR) is 120 cm³/mol. The van der Waals surface area contributed by atoms with E-state index in [1.165, 1.54) is 11.0 Å². The molecule has 7 heteroatoms. The number of nitrogens with zero attached hydrogens (tertiary/aromatic N) is 4. The molecule has 0 radical (unpaired) electrons. The van der Waals surface area contributed by atoms with Gasteiger partial charge in [-0.3, -0.25) is 4.40 Å². The van der Waals surface area contributed by atoms with Gasteiger partial charge in [0.25, 0.3) is 0 Å². The number of benzene rings is 2. The smallest absolute Gasteiger partial charge is 0.215 e. The van der Waals surface area contributed by atoms with E-state index in [-0.39, 0.29) is 30.6 Å². The lowest BCUT2D eigenvalue weighted by Gasteiger charge is -2.18. The van der Waals surface area contributed by atoms with Gasteiger partial charge in [-0.15, -0.1) is 24.8 Å². The van der Waals surface area contributed by atoms with Gasteiger partial charge in [0.1, 0.15) is 5.75 Å². The molecule has 2 heterocycles. The Balaban J connectivity index is 0.00000140. The Kier molecular flexibility index (Phi) is 7.35. The van der Waals surface area contributed by atoms with E-state index in [4.69, 9.17) is 4.98 Å². The zero-order valence-electron chi connectivity index (χ0n) is 16.1. The molecule has 0 bridgehead atoms. The lowest BCUT2D eigenvalue weighted by molar-refractivity contribution is 0.293. The molecular formula is C21H26Cl2N4O. The lowest BCUT2D eigenvalue weighted by Crippen LogP contribution is -2.27. The number of aromatic hydroxyl groups is 1. The molecule has 1 N–H and O–H groups in total. The first kappa shape index (κ1) is 22.1. The Morgan fingerprint density at radius 3 is 2.21 bits per heavy atom. The van der Waals surface area contributed by atoms with Gasteiger partial charge in [0.15, 0.2) is 0 Å². The summed E-state index contributed by atoms with van der Waals surface area (Å²) in [6.07, 6.45) is 2.08. The van der Waals surface area contributed by atoms with Crippen molar-refractivity contribution in [2.24, 2.45) is 0 Å². The highest BCUT2D eigenvalue weighted by atomic mass is 35.5. The van der Waals surface area contributed by atoms with E-state index in [0.29, 0.717) is 0 Å². The molecule has 0 spiro atoms. The molecule has 0 fully saturated rings. The molecule has 4 aromatic rings. The molecule has 2 aromatic heterocycles. The Hall–Kier alpha value is -2.21. The van der Waals surface area contributed by atoms with Crippen molar-refractivity contribution in [1.29, 1.82) is 0 Å². The van der Waals surface area contributed by atoms with Gasteiger partial charge < -0.3 is 14.6 Å². The van der Waals surface area contributed by atoms with Crippen LogP contribution in [0.3, 0.4) is 0 Å². The first-order chi connectivity index (χ1) is 12.7. The van der Waals surface area contributed by atoms with Crippen LogP contribution in [0.15, 0.2) is 54.7 Å². The topological polar surface area (TPSA) is 45.7 Å². The Morgan fingerprint density at radius 2 is 1.57 bits per heavy atom. The van der Waals surface area contributed by atoms with Crippen LogP contribution in [0.1, 0.15) is 13.8 Å². The number of hydrogen-bond donors (Lipinski definition) is 1. The minimum absolute atomic E-state index is 0. The van der Waals surface area contributed by atoms with Crippen molar-refractivity contribution in [3.8, 4) is 17.0 Å². The van der Waals surface area contributed by atoms with Gasteiger partial charge in [0.05, 0.1) is 16.7 Å². The van der Waals surface area contributed by atoms with Gasteiger partial charge >= 0.3 is 0 Å². The molecular weight excluding hydrogens is 395 g/mol. The summed E-state index contributed by atoms with van der Waals surface area (Å²) in [6, 6.07) is 15.6. The molecule has 28 heavy (non-hydrogen) atoms. The van der Waals surface area contributed by atoms with Crippen molar-refractivity contribution in [3.05, 3.63) is 54.7 Å². The predicted octanol–water partition coefficient (Wildman–Crippen LogP) is 4.85. The number of phenolic OH excluding ortho intramolecular Hbond substituents is 1. The van der Waals surface area contributed by atoms with Crippen molar-refractivity contribution >= 4 is 41.6 Å². The van der Waals surface area contributed by atoms with E-state index >= 15 is 0 Å². The Bertz CT molecular complexity index is 1040. The Labute approximate surface area is 177 Å². The summed E-state index contributed by atoms with van der Waals surface area (Å²) in [5.74, 6) is 1.23. The summed E-state index contributed by atoms with van der Waals surface area (Å²) in [7, 11) is 0. The number of imidazole rings is 2. The largest absolute Gasteiger partial charge is 0.508 e. The summed E-state index contributed by atoms with van der Waals surface area (Å²) in [4.78, 5) is 7.33. The second-order valence-corrected chi connectivity index (χ2v) is 6.51. The third kappa shape index (κ3) is 3.97. The summed E-state index contributed by atoms with van der Waals surface area (Å²) >= 11 is 0. The molecule has 0 aliphatic rings. The SMILES string of the molecule is CCN(CC)CCn1c2ccccc2n2cc(-c3ccc(O)cc3)nc12.Cl.Cl. The van der Waals surface area contributed by atoms with Gasteiger partial charge in [-0.2, -0.15) is 0 Å². The molecule has 150 valence electrons. The summed E-state index contributed by atoms with van der Waals surface area (Å²) in [5, 5.41) is 9.52. The average molecular weight is 421 g/mol. The first-order valence-electron chi connectivity index (χ1n) is 9.19.